The summed E-state index contributed by atoms with van der Waals surface area (Å²) < 4.78 is 0. The lowest BCUT2D eigenvalue weighted by atomic mass is 10.1. The van der Waals surface area contributed by atoms with Crippen molar-refractivity contribution < 1.29 is 4.79 Å². The monoisotopic (exact) mass is 214 g/mol. The van der Waals surface area contributed by atoms with Crippen molar-refractivity contribution in [3.8, 4) is 0 Å². The third kappa shape index (κ3) is 2.35. The Morgan fingerprint density at radius 2 is 2.29 bits per heavy atom. The van der Waals surface area contributed by atoms with Gasteiger partial charge in [0.05, 0.1) is 6.20 Å². The van der Waals surface area contributed by atoms with Gasteiger partial charge in [-0.05, 0) is 13.8 Å². The van der Waals surface area contributed by atoms with E-state index in [2.05, 4.69) is 15.6 Å². The highest BCUT2D eigenvalue weighted by Gasteiger charge is 2.26. The maximum Gasteiger partial charge on any atom is 0.244 e. The first kappa shape index (κ1) is 10.8. The van der Waals surface area contributed by atoms with E-state index in [4.69, 9.17) is 5.73 Å². The van der Waals surface area contributed by atoms with Gasteiger partial charge in [0, 0.05) is 7.05 Å². The van der Waals surface area contributed by atoms with Gasteiger partial charge in [-0.2, -0.15) is 0 Å². The molecule has 1 aromatic rings. The summed E-state index contributed by atoms with van der Waals surface area (Å²) in [5.41, 5.74) is 4.84. The van der Waals surface area contributed by atoms with Gasteiger partial charge in [0.2, 0.25) is 5.91 Å². The van der Waals surface area contributed by atoms with E-state index in [1.54, 1.807) is 27.1 Å². The molecule has 0 aliphatic rings. The van der Waals surface area contributed by atoms with E-state index in [0.29, 0.717) is 10.1 Å². The van der Waals surface area contributed by atoms with Crippen LogP contribution in [0.15, 0.2) is 6.20 Å². The van der Waals surface area contributed by atoms with Crippen molar-refractivity contribution in [3.05, 3.63) is 6.20 Å². The van der Waals surface area contributed by atoms with Gasteiger partial charge in [0.1, 0.15) is 10.5 Å². The molecule has 6 heteroatoms. The van der Waals surface area contributed by atoms with Crippen LogP contribution in [0.3, 0.4) is 0 Å². The molecule has 0 aromatic carbocycles. The fourth-order valence-corrected chi connectivity index (χ4v) is 1.72. The number of likely N-dealkylation sites (N-methyl/N-ethyl adjacent to an activating group) is 1. The van der Waals surface area contributed by atoms with Crippen LogP contribution in [0.2, 0.25) is 0 Å². The lowest BCUT2D eigenvalue weighted by Crippen LogP contribution is -2.46. The number of carbonyl (C=O) groups excluding carboxylic acids is 1. The molecule has 0 radical (unpaired) electrons. The summed E-state index contributed by atoms with van der Waals surface area (Å²) in [7, 11) is 1.60. The van der Waals surface area contributed by atoms with Crippen molar-refractivity contribution in [2.75, 3.05) is 18.1 Å². The van der Waals surface area contributed by atoms with Crippen LogP contribution in [-0.4, -0.2) is 23.5 Å². The molecule has 0 unspecified atom stereocenters. The van der Waals surface area contributed by atoms with Gasteiger partial charge in [0.15, 0.2) is 5.13 Å². The van der Waals surface area contributed by atoms with Crippen LogP contribution < -0.4 is 16.4 Å². The minimum absolute atomic E-state index is 0.0914. The molecule has 1 aromatic heterocycles. The lowest BCUT2D eigenvalue weighted by Gasteiger charge is -2.23. The summed E-state index contributed by atoms with van der Waals surface area (Å²) in [6, 6.07) is 0. The number of anilines is 2. The minimum Gasteiger partial charge on any atom is -0.389 e. The zero-order valence-corrected chi connectivity index (χ0v) is 9.23. The van der Waals surface area contributed by atoms with Crippen molar-refractivity contribution in [2.45, 2.75) is 19.4 Å². The third-order valence-corrected chi connectivity index (χ3v) is 2.48. The number of hydrogen-bond acceptors (Lipinski definition) is 5. The first-order chi connectivity index (χ1) is 6.45. The number of nitrogens with two attached hydrogens (primary N) is 1. The number of hydrogen-bond donors (Lipinski definition) is 3. The highest BCUT2D eigenvalue weighted by molar-refractivity contribution is 7.19. The van der Waals surface area contributed by atoms with Crippen LogP contribution in [0.25, 0.3) is 0 Å². The second kappa shape index (κ2) is 3.83. The number of nitrogens with zero attached hydrogens (tertiary/aromatic N) is 1. The first-order valence-corrected chi connectivity index (χ1v) is 4.99. The van der Waals surface area contributed by atoms with E-state index in [-0.39, 0.29) is 5.91 Å². The second-order valence-electron chi connectivity index (χ2n) is 3.40. The van der Waals surface area contributed by atoms with Crippen LogP contribution >= 0.6 is 11.3 Å². The standard InChI is InChI=1S/C8H14N4OS/c1-8(2,6(13)10-3)12-7-11-4-5(9)14-7/h4H,9H2,1-3H3,(H,10,13)(H,11,12). The summed E-state index contributed by atoms with van der Waals surface area (Å²) in [5.74, 6) is -0.0914. The maximum atomic E-state index is 11.4. The van der Waals surface area contributed by atoms with Gasteiger partial charge in [-0.15, -0.1) is 0 Å². The molecule has 14 heavy (non-hydrogen) atoms. The zero-order chi connectivity index (χ0) is 10.8. The number of amides is 1. The Balaban J connectivity index is 2.72. The van der Waals surface area contributed by atoms with Crippen molar-refractivity contribution in [2.24, 2.45) is 0 Å². The van der Waals surface area contributed by atoms with Crippen LogP contribution in [0.1, 0.15) is 13.8 Å². The molecule has 4 N–H and O–H groups in total. The molecular formula is C8H14N4OS. The maximum absolute atomic E-state index is 11.4. The first-order valence-electron chi connectivity index (χ1n) is 4.17. The molecular weight excluding hydrogens is 200 g/mol. The van der Waals surface area contributed by atoms with Crippen LogP contribution in [-0.2, 0) is 4.79 Å². The highest BCUT2D eigenvalue weighted by Crippen LogP contribution is 2.23. The molecule has 0 aliphatic carbocycles. The van der Waals surface area contributed by atoms with Crippen LogP contribution in [0.5, 0.6) is 0 Å². The average Bonchev–Trinajstić information content (AvgIpc) is 2.48. The Kier molecular flexibility index (Phi) is 2.95. The molecule has 0 atom stereocenters. The fourth-order valence-electron chi connectivity index (χ4n) is 0.981. The number of carbonyl (C=O) groups is 1. The molecule has 5 nitrogen and oxygen atoms in total. The van der Waals surface area contributed by atoms with Crippen LogP contribution in [0.4, 0.5) is 10.1 Å². The molecule has 78 valence electrons. The Morgan fingerprint density at radius 1 is 1.64 bits per heavy atom. The highest BCUT2D eigenvalue weighted by atomic mass is 32.1. The molecule has 1 rings (SSSR count). The Hall–Kier alpha value is -1.30. The average molecular weight is 214 g/mol. The molecule has 1 heterocycles. The summed E-state index contributed by atoms with van der Waals surface area (Å²) in [6.45, 7) is 3.56. The van der Waals surface area contributed by atoms with Gasteiger partial charge in [-0.1, -0.05) is 11.3 Å². The summed E-state index contributed by atoms with van der Waals surface area (Å²) in [4.78, 5) is 15.4. The molecule has 1 amide bonds. The topological polar surface area (TPSA) is 80.0 Å². The summed E-state index contributed by atoms with van der Waals surface area (Å²) in [5, 5.41) is 6.86. The van der Waals surface area contributed by atoms with Crippen molar-refractivity contribution in [1.29, 1.82) is 0 Å². The van der Waals surface area contributed by atoms with Crippen molar-refractivity contribution >= 4 is 27.4 Å². The van der Waals surface area contributed by atoms with Gasteiger partial charge >= 0.3 is 0 Å². The van der Waals surface area contributed by atoms with Gasteiger partial charge in [-0.3, -0.25) is 4.79 Å². The van der Waals surface area contributed by atoms with Gasteiger partial charge in [-0.25, -0.2) is 4.98 Å². The Morgan fingerprint density at radius 3 is 2.71 bits per heavy atom. The number of nitrogens with one attached hydrogen (secondary N) is 2. The number of rotatable bonds is 3. The third-order valence-electron chi connectivity index (χ3n) is 1.74. The molecule has 0 aliphatic heterocycles. The predicted molar refractivity (Wildman–Crippen MR) is 58.3 cm³/mol. The second-order valence-corrected chi connectivity index (χ2v) is 4.46. The largest absolute Gasteiger partial charge is 0.389 e. The Bertz CT molecular complexity index is 334. The number of aromatic nitrogens is 1. The predicted octanol–water partition coefficient (Wildman–Crippen LogP) is 0.662. The Labute approximate surface area is 86.7 Å². The minimum atomic E-state index is -0.682. The molecule has 0 bridgehead atoms. The zero-order valence-electron chi connectivity index (χ0n) is 8.42. The summed E-state index contributed by atoms with van der Waals surface area (Å²) in [6.07, 6.45) is 1.56. The lowest BCUT2D eigenvalue weighted by molar-refractivity contribution is -0.123. The van der Waals surface area contributed by atoms with Crippen molar-refractivity contribution in [1.82, 2.24) is 10.3 Å². The van der Waals surface area contributed by atoms with Gasteiger partial charge in [0.25, 0.3) is 0 Å². The normalized spacial score (nSPS) is 11.1. The number of thiazole rings is 1. The smallest absolute Gasteiger partial charge is 0.244 e. The van der Waals surface area contributed by atoms with E-state index in [1.807, 2.05) is 0 Å². The van der Waals surface area contributed by atoms with Crippen molar-refractivity contribution in [3.63, 3.8) is 0 Å². The van der Waals surface area contributed by atoms with E-state index < -0.39 is 5.54 Å². The van der Waals surface area contributed by atoms with E-state index in [1.165, 1.54) is 11.3 Å². The molecule has 0 saturated heterocycles. The van der Waals surface area contributed by atoms with E-state index in [0.717, 1.165) is 0 Å². The SMILES string of the molecule is CNC(=O)C(C)(C)Nc1ncc(N)s1. The summed E-state index contributed by atoms with van der Waals surface area (Å²) >= 11 is 1.32. The molecule has 0 saturated carbocycles. The van der Waals surface area contributed by atoms with E-state index >= 15 is 0 Å². The van der Waals surface area contributed by atoms with Crippen LogP contribution in [0, 0.1) is 0 Å². The van der Waals surface area contributed by atoms with Gasteiger partial charge < -0.3 is 16.4 Å². The number of nitrogen functional groups attached to an aromatic ring is 1. The quantitative estimate of drug-likeness (QED) is 0.690. The molecule has 0 spiro atoms. The fraction of sp³-hybridized carbons (Fsp3) is 0.500. The molecule has 0 fully saturated rings. The van der Waals surface area contributed by atoms with E-state index in [9.17, 15) is 4.79 Å².